The lowest BCUT2D eigenvalue weighted by atomic mass is 9.87. The van der Waals surface area contributed by atoms with Gasteiger partial charge in [-0.1, -0.05) is 35.9 Å². The predicted molar refractivity (Wildman–Crippen MR) is 93.5 cm³/mol. The van der Waals surface area contributed by atoms with Crippen molar-refractivity contribution in [2.75, 3.05) is 13.1 Å². The van der Waals surface area contributed by atoms with Crippen molar-refractivity contribution in [3.63, 3.8) is 0 Å². The van der Waals surface area contributed by atoms with Gasteiger partial charge in [0.15, 0.2) is 0 Å². The van der Waals surface area contributed by atoms with Gasteiger partial charge in [0, 0.05) is 19.3 Å². The zero-order valence-corrected chi connectivity index (χ0v) is 14.3. The number of aromatic nitrogens is 1. The Morgan fingerprint density at radius 2 is 1.83 bits per heavy atom. The molecule has 1 aromatic heterocycles. The third kappa shape index (κ3) is 3.34. The first kappa shape index (κ1) is 16.7. The highest BCUT2D eigenvalue weighted by molar-refractivity contribution is 5.83. The molecule has 0 radical (unpaired) electrons. The second kappa shape index (κ2) is 6.73. The van der Waals surface area contributed by atoms with Gasteiger partial charge in [0.25, 0.3) is 0 Å². The Balaban J connectivity index is 1.66. The largest absolute Gasteiger partial charge is 0.383 e. The van der Waals surface area contributed by atoms with Crippen LogP contribution in [-0.4, -0.2) is 34.0 Å². The molecule has 0 saturated carbocycles. The Hall–Kier alpha value is -2.20. The summed E-state index contributed by atoms with van der Waals surface area (Å²) in [5.74, 6) is -0.0337. The molecule has 1 saturated heterocycles. The van der Waals surface area contributed by atoms with Crippen LogP contribution in [0.3, 0.4) is 0 Å². The van der Waals surface area contributed by atoms with E-state index in [0.29, 0.717) is 31.6 Å². The highest BCUT2D eigenvalue weighted by atomic mass is 16.3. The highest BCUT2D eigenvalue weighted by Crippen LogP contribution is 2.32. The molecule has 24 heavy (non-hydrogen) atoms. The second-order valence-corrected chi connectivity index (χ2v) is 6.70. The van der Waals surface area contributed by atoms with E-state index < -0.39 is 5.60 Å². The van der Waals surface area contributed by atoms with Crippen molar-refractivity contribution in [1.29, 1.82) is 0 Å². The van der Waals surface area contributed by atoms with Crippen molar-refractivity contribution in [2.24, 2.45) is 0 Å². The fourth-order valence-corrected chi connectivity index (χ4v) is 3.26. The predicted octanol–water partition coefficient (Wildman–Crippen LogP) is 3.00. The minimum absolute atomic E-state index is 0.127. The van der Waals surface area contributed by atoms with Crippen LogP contribution in [0.15, 0.2) is 48.7 Å². The third-order valence-electron chi connectivity index (χ3n) is 4.99. The standard InChI is InChI=1S/C20H24N2O2/c1-15-6-8-17(9-7-15)16(2)19(23)22-13-10-20(24,11-14-22)18-5-3-4-12-21-18/h3-9,12,16,24H,10-11,13-14H2,1-2H3/t16-/m0/s1. The van der Waals surface area contributed by atoms with E-state index in [1.165, 1.54) is 5.56 Å². The van der Waals surface area contributed by atoms with Crippen molar-refractivity contribution < 1.29 is 9.90 Å². The van der Waals surface area contributed by atoms with Crippen LogP contribution in [0.25, 0.3) is 0 Å². The highest BCUT2D eigenvalue weighted by Gasteiger charge is 2.37. The Labute approximate surface area is 143 Å². The SMILES string of the molecule is Cc1ccc([C@H](C)C(=O)N2CCC(O)(c3ccccn3)CC2)cc1. The number of hydrogen-bond acceptors (Lipinski definition) is 3. The first-order valence-electron chi connectivity index (χ1n) is 8.49. The lowest BCUT2D eigenvalue weighted by Gasteiger charge is -2.38. The van der Waals surface area contributed by atoms with Crippen LogP contribution in [0.5, 0.6) is 0 Å². The number of amides is 1. The van der Waals surface area contributed by atoms with Crippen molar-refractivity contribution in [2.45, 2.75) is 38.2 Å². The minimum atomic E-state index is -0.925. The summed E-state index contributed by atoms with van der Waals surface area (Å²) in [6.45, 7) is 5.11. The van der Waals surface area contributed by atoms with Crippen LogP contribution in [0.2, 0.25) is 0 Å². The van der Waals surface area contributed by atoms with E-state index in [-0.39, 0.29) is 11.8 Å². The molecular formula is C20H24N2O2. The quantitative estimate of drug-likeness (QED) is 0.944. The topological polar surface area (TPSA) is 53.4 Å². The molecule has 1 aromatic carbocycles. The number of hydrogen-bond donors (Lipinski definition) is 1. The molecule has 126 valence electrons. The lowest BCUT2D eigenvalue weighted by molar-refractivity contribution is -0.137. The molecule has 2 heterocycles. The Morgan fingerprint density at radius 1 is 1.17 bits per heavy atom. The average Bonchev–Trinajstić information content (AvgIpc) is 2.62. The summed E-state index contributed by atoms with van der Waals surface area (Å²) in [6.07, 6.45) is 2.75. The normalized spacial score (nSPS) is 18.2. The molecule has 0 aliphatic carbocycles. The summed E-state index contributed by atoms with van der Waals surface area (Å²) in [5.41, 5.74) is 2.00. The summed E-state index contributed by atoms with van der Waals surface area (Å²) in [6, 6.07) is 13.7. The number of carbonyl (C=O) groups is 1. The third-order valence-corrected chi connectivity index (χ3v) is 4.99. The maximum Gasteiger partial charge on any atom is 0.229 e. The number of piperidine rings is 1. The number of likely N-dealkylation sites (tertiary alicyclic amines) is 1. The van der Waals surface area contributed by atoms with Gasteiger partial charge in [0.05, 0.1) is 11.6 Å². The first-order valence-corrected chi connectivity index (χ1v) is 8.49. The molecular weight excluding hydrogens is 300 g/mol. The fraction of sp³-hybridized carbons (Fsp3) is 0.400. The maximum atomic E-state index is 12.8. The van der Waals surface area contributed by atoms with E-state index >= 15 is 0 Å². The molecule has 0 bridgehead atoms. The number of carbonyl (C=O) groups excluding carboxylic acids is 1. The molecule has 1 aliphatic heterocycles. The van der Waals surface area contributed by atoms with Crippen LogP contribution >= 0.6 is 0 Å². The summed E-state index contributed by atoms with van der Waals surface area (Å²) in [5, 5.41) is 10.8. The van der Waals surface area contributed by atoms with Crippen molar-refractivity contribution in [3.8, 4) is 0 Å². The number of pyridine rings is 1. The summed E-state index contributed by atoms with van der Waals surface area (Å²) >= 11 is 0. The van der Waals surface area contributed by atoms with Gasteiger partial charge in [0.2, 0.25) is 5.91 Å². The average molecular weight is 324 g/mol. The molecule has 0 unspecified atom stereocenters. The van der Waals surface area contributed by atoms with E-state index in [4.69, 9.17) is 0 Å². The van der Waals surface area contributed by atoms with E-state index in [1.54, 1.807) is 6.20 Å². The zero-order valence-electron chi connectivity index (χ0n) is 14.3. The van der Waals surface area contributed by atoms with Crippen LogP contribution in [-0.2, 0) is 10.4 Å². The van der Waals surface area contributed by atoms with Gasteiger partial charge in [-0.25, -0.2) is 0 Å². The van der Waals surface area contributed by atoms with E-state index in [1.807, 2.05) is 61.2 Å². The monoisotopic (exact) mass is 324 g/mol. The maximum absolute atomic E-state index is 12.8. The fourth-order valence-electron chi connectivity index (χ4n) is 3.26. The van der Waals surface area contributed by atoms with Gasteiger partial charge in [-0.3, -0.25) is 9.78 Å². The molecule has 4 heteroatoms. The van der Waals surface area contributed by atoms with E-state index in [0.717, 1.165) is 5.56 Å². The van der Waals surface area contributed by atoms with Gasteiger partial charge < -0.3 is 10.0 Å². The Morgan fingerprint density at radius 3 is 2.42 bits per heavy atom. The molecule has 3 rings (SSSR count). The molecule has 1 aliphatic rings. The lowest BCUT2D eigenvalue weighted by Crippen LogP contribution is -2.46. The van der Waals surface area contributed by atoms with Crippen LogP contribution in [0.1, 0.15) is 42.5 Å². The Kier molecular flexibility index (Phi) is 4.67. The smallest absolute Gasteiger partial charge is 0.229 e. The number of rotatable bonds is 3. The van der Waals surface area contributed by atoms with Crippen molar-refractivity contribution in [3.05, 3.63) is 65.5 Å². The molecule has 2 aromatic rings. The van der Waals surface area contributed by atoms with Gasteiger partial charge in [0.1, 0.15) is 5.60 Å². The summed E-state index contributed by atoms with van der Waals surface area (Å²) in [4.78, 5) is 18.9. The summed E-state index contributed by atoms with van der Waals surface area (Å²) < 4.78 is 0. The van der Waals surface area contributed by atoms with E-state index in [2.05, 4.69) is 4.98 Å². The van der Waals surface area contributed by atoms with E-state index in [9.17, 15) is 9.90 Å². The molecule has 0 spiro atoms. The van der Waals surface area contributed by atoms with Crippen LogP contribution in [0.4, 0.5) is 0 Å². The summed E-state index contributed by atoms with van der Waals surface area (Å²) in [7, 11) is 0. The molecule has 1 N–H and O–H groups in total. The van der Waals surface area contributed by atoms with Crippen LogP contribution < -0.4 is 0 Å². The number of nitrogens with zero attached hydrogens (tertiary/aromatic N) is 2. The molecule has 1 fully saturated rings. The van der Waals surface area contributed by atoms with Crippen molar-refractivity contribution >= 4 is 5.91 Å². The van der Waals surface area contributed by atoms with Gasteiger partial charge in [-0.15, -0.1) is 0 Å². The number of aliphatic hydroxyl groups is 1. The Bertz CT molecular complexity index is 689. The van der Waals surface area contributed by atoms with Gasteiger partial charge in [-0.05, 0) is 44.4 Å². The number of benzene rings is 1. The minimum Gasteiger partial charge on any atom is -0.383 e. The zero-order chi connectivity index (χ0) is 17.2. The molecule has 1 atom stereocenters. The number of aryl methyl sites for hydroxylation is 1. The van der Waals surface area contributed by atoms with Gasteiger partial charge in [-0.2, -0.15) is 0 Å². The van der Waals surface area contributed by atoms with Crippen molar-refractivity contribution in [1.82, 2.24) is 9.88 Å². The second-order valence-electron chi connectivity index (χ2n) is 6.70. The van der Waals surface area contributed by atoms with Gasteiger partial charge >= 0.3 is 0 Å². The van der Waals surface area contributed by atoms with Crippen LogP contribution in [0, 0.1) is 6.92 Å². The molecule has 1 amide bonds. The first-order chi connectivity index (χ1) is 11.5. The molecule has 4 nitrogen and oxygen atoms in total.